The molecule has 0 aliphatic rings. The third kappa shape index (κ3) is 4.52. The number of carbonyl (C=O) groups excluding carboxylic acids is 1. The van der Waals surface area contributed by atoms with Crippen molar-refractivity contribution in [1.82, 2.24) is 0 Å². The van der Waals surface area contributed by atoms with E-state index in [0.29, 0.717) is 22.8 Å². The highest BCUT2D eigenvalue weighted by Crippen LogP contribution is 2.24. The first-order valence-corrected chi connectivity index (χ1v) is 9.18. The Hall–Kier alpha value is -3.28. The lowest BCUT2D eigenvalue weighted by molar-refractivity contribution is -0.122. The smallest absolute Gasteiger partial charge is 0.336 e. The van der Waals surface area contributed by atoms with Crippen molar-refractivity contribution in [2.45, 2.75) is 32.8 Å². The Kier molecular flexibility index (Phi) is 5.99. The SMILES string of the molecule is CCCc1cc(=O)oc2cc(OC(C)C(=O)Nc3cccc(OC)c3)ccc12. The summed E-state index contributed by atoms with van der Waals surface area (Å²) in [5, 5.41) is 3.67. The van der Waals surface area contributed by atoms with E-state index in [4.69, 9.17) is 13.9 Å². The minimum absolute atomic E-state index is 0.297. The van der Waals surface area contributed by atoms with Crippen molar-refractivity contribution < 1.29 is 18.7 Å². The van der Waals surface area contributed by atoms with Crippen LogP contribution in [0.2, 0.25) is 0 Å². The van der Waals surface area contributed by atoms with E-state index in [-0.39, 0.29) is 5.91 Å². The summed E-state index contributed by atoms with van der Waals surface area (Å²) in [5.74, 6) is 0.811. The first-order chi connectivity index (χ1) is 13.5. The number of benzene rings is 2. The standard InChI is InChI=1S/C22H23NO5/c1-4-6-15-11-21(24)28-20-13-18(9-10-19(15)20)27-14(2)22(25)23-16-7-5-8-17(12-16)26-3/h5,7-14H,4,6H2,1-3H3,(H,23,25). The van der Waals surface area contributed by atoms with Crippen molar-refractivity contribution in [1.29, 1.82) is 0 Å². The molecule has 3 aromatic rings. The lowest BCUT2D eigenvalue weighted by atomic mass is 10.1. The van der Waals surface area contributed by atoms with Crippen molar-refractivity contribution in [3.63, 3.8) is 0 Å². The monoisotopic (exact) mass is 381 g/mol. The topological polar surface area (TPSA) is 77.8 Å². The molecule has 0 saturated heterocycles. The Labute approximate surface area is 163 Å². The van der Waals surface area contributed by atoms with Gasteiger partial charge in [0.1, 0.15) is 17.1 Å². The van der Waals surface area contributed by atoms with Crippen LogP contribution in [0.4, 0.5) is 5.69 Å². The zero-order chi connectivity index (χ0) is 20.1. The van der Waals surface area contributed by atoms with Gasteiger partial charge in [0, 0.05) is 29.3 Å². The first-order valence-electron chi connectivity index (χ1n) is 9.18. The molecule has 0 bridgehead atoms. The van der Waals surface area contributed by atoms with Gasteiger partial charge in [0.15, 0.2) is 6.10 Å². The van der Waals surface area contributed by atoms with Crippen LogP contribution in [0.1, 0.15) is 25.8 Å². The summed E-state index contributed by atoms with van der Waals surface area (Å²) in [6.07, 6.45) is 0.981. The summed E-state index contributed by atoms with van der Waals surface area (Å²) >= 11 is 0. The Morgan fingerprint density at radius 2 is 1.96 bits per heavy atom. The van der Waals surface area contributed by atoms with Crippen molar-refractivity contribution in [2.75, 3.05) is 12.4 Å². The fourth-order valence-corrected chi connectivity index (χ4v) is 2.96. The maximum Gasteiger partial charge on any atom is 0.336 e. The number of ether oxygens (including phenoxy) is 2. The summed E-state index contributed by atoms with van der Waals surface area (Å²) < 4.78 is 16.2. The maximum absolute atomic E-state index is 12.4. The van der Waals surface area contributed by atoms with Gasteiger partial charge >= 0.3 is 5.63 Å². The molecule has 2 aromatic carbocycles. The molecule has 0 spiro atoms. The van der Waals surface area contributed by atoms with Crippen LogP contribution in [0.15, 0.2) is 57.7 Å². The summed E-state index contributed by atoms with van der Waals surface area (Å²) in [4.78, 5) is 24.2. The van der Waals surface area contributed by atoms with Gasteiger partial charge in [-0.1, -0.05) is 19.4 Å². The van der Waals surface area contributed by atoms with E-state index in [9.17, 15) is 9.59 Å². The summed E-state index contributed by atoms with van der Waals surface area (Å²) in [7, 11) is 1.57. The molecule has 0 radical (unpaired) electrons. The average Bonchev–Trinajstić information content (AvgIpc) is 2.68. The van der Waals surface area contributed by atoms with E-state index < -0.39 is 11.7 Å². The number of amides is 1. The van der Waals surface area contributed by atoms with Crippen molar-refractivity contribution in [3.8, 4) is 11.5 Å². The molecular formula is C22H23NO5. The minimum Gasteiger partial charge on any atom is -0.497 e. The number of carbonyl (C=O) groups is 1. The van der Waals surface area contributed by atoms with Gasteiger partial charge in [0.05, 0.1) is 7.11 Å². The number of rotatable bonds is 7. The van der Waals surface area contributed by atoms with Gasteiger partial charge < -0.3 is 19.2 Å². The molecule has 0 aliphatic heterocycles. The fourth-order valence-electron chi connectivity index (χ4n) is 2.96. The third-order valence-corrected chi connectivity index (χ3v) is 4.34. The average molecular weight is 381 g/mol. The second-order valence-electron chi connectivity index (χ2n) is 6.48. The fraction of sp³-hybridized carbons (Fsp3) is 0.273. The van der Waals surface area contributed by atoms with Crippen LogP contribution in [-0.4, -0.2) is 19.1 Å². The van der Waals surface area contributed by atoms with Gasteiger partial charge in [0.25, 0.3) is 5.91 Å². The predicted octanol–water partition coefficient (Wildman–Crippen LogP) is 4.16. The highest BCUT2D eigenvalue weighted by molar-refractivity contribution is 5.94. The van der Waals surface area contributed by atoms with Crippen LogP contribution in [0, 0.1) is 0 Å². The van der Waals surface area contributed by atoms with Crippen molar-refractivity contribution >= 4 is 22.6 Å². The maximum atomic E-state index is 12.4. The van der Waals surface area contributed by atoms with Gasteiger partial charge in [-0.05, 0) is 43.2 Å². The molecule has 3 rings (SSSR count). The summed E-state index contributed by atoms with van der Waals surface area (Å²) in [5.41, 5.74) is 1.63. The lowest BCUT2D eigenvalue weighted by Crippen LogP contribution is -2.30. The van der Waals surface area contributed by atoms with Gasteiger partial charge in [-0.3, -0.25) is 4.79 Å². The molecule has 1 N–H and O–H groups in total. The Bertz CT molecular complexity index is 1040. The Morgan fingerprint density at radius 3 is 2.71 bits per heavy atom. The molecule has 1 heterocycles. The van der Waals surface area contributed by atoms with Crippen molar-refractivity contribution in [3.05, 3.63) is 64.5 Å². The van der Waals surface area contributed by atoms with E-state index >= 15 is 0 Å². The van der Waals surface area contributed by atoms with E-state index in [1.54, 1.807) is 50.4 Å². The number of fused-ring (bicyclic) bond motifs is 1. The van der Waals surface area contributed by atoms with Crippen LogP contribution in [0.3, 0.4) is 0 Å². The zero-order valence-corrected chi connectivity index (χ0v) is 16.2. The number of hydrogen-bond acceptors (Lipinski definition) is 5. The normalized spacial score (nSPS) is 11.8. The second kappa shape index (κ2) is 8.61. The zero-order valence-electron chi connectivity index (χ0n) is 16.2. The molecule has 0 aliphatic carbocycles. The molecule has 6 heteroatoms. The molecule has 6 nitrogen and oxygen atoms in total. The Balaban J connectivity index is 1.75. The number of aryl methyl sites for hydroxylation is 1. The summed E-state index contributed by atoms with van der Waals surface area (Å²) in [6, 6.07) is 13.9. The molecule has 1 atom stereocenters. The molecular weight excluding hydrogens is 358 g/mol. The molecule has 0 saturated carbocycles. The van der Waals surface area contributed by atoms with Gasteiger partial charge in [0.2, 0.25) is 0 Å². The molecule has 1 amide bonds. The molecule has 0 fully saturated rings. The molecule has 1 aromatic heterocycles. The first kappa shape index (κ1) is 19.5. The highest BCUT2D eigenvalue weighted by Gasteiger charge is 2.16. The summed E-state index contributed by atoms with van der Waals surface area (Å²) in [6.45, 7) is 3.71. The van der Waals surface area contributed by atoms with E-state index in [1.165, 1.54) is 6.07 Å². The van der Waals surface area contributed by atoms with Gasteiger partial charge in [-0.25, -0.2) is 4.79 Å². The van der Waals surface area contributed by atoms with Crippen molar-refractivity contribution in [2.24, 2.45) is 0 Å². The third-order valence-electron chi connectivity index (χ3n) is 4.34. The van der Waals surface area contributed by atoms with E-state index in [0.717, 1.165) is 23.8 Å². The number of methoxy groups -OCH3 is 1. The van der Waals surface area contributed by atoms with E-state index in [1.807, 2.05) is 6.07 Å². The quantitative estimate of drug-likeness (QED) is 0.622. The van der Waals surface area contributed by atoms with Crippen LogP contribution in [0.25, 0.3) is 11.0 Å². The largest absolute Gasteiger partial charge is 0.497 e. The molecule has 1 unspecified atom stereocenters. The molecule has 28 heavy (non-hydrogen) atoms. The van der Waals surface area contributed by atoms with Crippen LogP contribution in [-0.2, 0) is 11.2 Å². The van der Waals surface area contributed by atoms with Crippen LogP contribution in [0.5, 0.6) is 11.5 Å². The predicted molar refractivity (Wildman–Crippen MR) is 108 cm³/mol. The number of hydrogen-bond donors (Lipinski definition) is 1. The lowest BCUT2D eigenvalue weighted by Gasteiger charge is -2.15. The second-order valence-corrected chi connectivity index (χ2v) is 6.48. The Morgan fingerprint density at radius 1 is 1.14 bits per heavy atom. The minimum atomic E-state index is -0.741. The van der Waals surface area contributed by atoms with E-state index in [2.05, 4.69) is 12.2 Å². The highest BCUT2D eigenvalue weighted by atomic mass is 16.5. The van der Waals surface area contributed by atoms with Crippen LogP contribution >= 0.6 is 0 Å². The molecule has 146 valence electrons. The van der Waals surface area contributed by atoms with Crippen LogP contribution < -0.4 is 20.4 Å². The van der Waals surface area contributed by atoms with Gasteiger partial charge in [-0.2, -0.15) is 0 Å². The number of nitrogens with one attached hydrogen (secondary N) is 1. The number of anilines is 1. The van der Waals surface area contributed by atoms with Gasteiger partial charge in [-0.15, -0.1) is 0 Å².